The van der Waals surface area contributed by atoms with Crippen LogP contribution in [0.5, 0.6) is 0 Å². The zero-order chi connectivity index (χ0) is 14.3. The van der Waals surface area contributed by atoms with Crippen LogP contribution in [-0.2, 0) is 9.84 Å². The van der Waals surface area contributed by atoms with E-state index >= 15 is 0 Å². The van der Waals surface area contributed by atoms with Gasteiger partial charge in [0.25, 0.3) is 0 Å². The van der Waals surface area contributed by atoms with Crippen LogP contribution in [0.3, 0.4) is 0 Å². The number of hydrogen-bond acceptors (Lipinski definition) is 4. The summed E-state index contributed by atoms with van der Waals surface area (Å²) in [5.41, 5.74) is 7.76. The van der Waals surface area contributed by atoms with Gasteiger partial charge in [0.05, 0.1) is 23.2 Å². The molecule has 1 fully saturated rings. The largest absolute Gasteiger partial charge is 0.384 e. The van der Waals surface area contributed by atoms with Gasteiger partial charge in [-0.25, -0.2) is 13.1 Å². The second-order valence-electron chi connectivity index (χ2n) is 4.97. The molecule has 0 amide bonds. The molecule has 3 rings (SSSR count). The Hall–Kier alpha value is -1.09. The predicted molar refractivity (Wildman–Crippen MR) is 87.1 cm³/mol. The molecule has 0 bridgehead atoms. The lowest BCUT2D eigenvalue weighted by atomic mass is 10.2. The summed E-state index contributed by atoms with van der Waals surface area (Å²) < 4.78 is 25.9. The Morgan fingerprint density at radius 2 is 2.15 bits per heavy atom. The third-order valence-corrected chi connectivity index (χ3v) is 5.86. The lowest BCUT2D eigenvalue weighted by Crippen LogP contribution is -2.14. The molecule has 0 aliphatic carbocycles. The minimum Gasteiger partial charge on any atom is -0.384 e. The topological polar surface area (TPSA) is 78.0 Å². The van der Waals surface area contributed by atoms with Gasteiger partial charge in [0, 0.05) is 15.2 Å². The number of hydrogen-bond donors (Lipinski definition) is 1. The SMILES string of the molecule is Nc1cc(-c2cccc(I)c2)nn1C1CCS(=O)(=O)C1. The highest BCUT2D eigenvalue weighted by Crippen LogP contribution is 2.29. The van der Waals surface area contributed by atoms with Gasteiger partial charge in [-0.05, 0) is 41.1 Å². The summed E-state index contributed by atoms with van der Waals surface area (Å²) in [5, 5.41) is 4.49. The fourth-order valence-electron chi connectivity index (χ4n) is 2.46. The molecule has 1 aromatic carbocycles. The Morgan fingerprint density at radius 3 is 2.80 bits per heavy atom. The molecular formula is C13H14IN3O2S. The normalized spacial score (nSPS) is 21.1. The summed E-state index contributed by atoms with van der Waals surface area (Å²) in [7, 11) is -2.94. The average molecular weight is 403 g/mol. The van der Waals surface area contributed by atoms with Crippen molar-refractivity contribution in [3.05, 3.63) is 33.9 Å². The number of nitrogen functional groups attached to an aromatic ring is 1. The fraction of sp³-hybridized carbons (Fsp3) is 0.308. The van der Waals surface area contributed by atoms with E-state index in [1.165, 1.54) is 0 Å². The minimum atomic E-state index is -2.94. The molecule has 1 aliphatic rings. The van der Waals surface area contributed by atoms with Crippen molar-refractivity contribution >= 4 is 38.2 Å². The van der Waals surface area contributed by atoms with Gasteiger partial charge < -0.3 is 5.73 Å². The van der Waals surface area contributed by atoms with E-state index in [-0.39, 0.29) is 17.5 Å². The third-order valence-electron chi connectivity index (χ3n) is 3.44. The molecule has 0 saturated carbocycles. The first kappa shape index (κ1) is 13.9. The number of aromatic nitrogens is 2. The average Bonchev–Trinajstić information content (AvgIpc) is 2.92. The second-order valence-corrected chi connectivity index (χ2v) is 8.44. The highest BCUT2D eigenvalue weighted by Gasteiger charge is 2.31. The number of sulfone groups is 1. The van der Waals surface area contributed by atoms with Crippen LogP contribution < -0.4 is 5.73 Å². The number of benzene rings is 1. The summed E-state index contributed by atoms with van der Waals surface area (Å²) >= 11 is 2.25. The maximum atomic E-state index is 11.6. The van der Waals surface area contributed by atoms with Gasteiger partial charge in [-0.1, -0.05) is 12.1 Å². The standard InChI is InChI=1S/C13H14IN3O2S/c14-10-3-1-2-9(6-10)12-7-13(15)17(16-12)11-4-5-20(18,19)8-11/h1-3,6-7,11H,4-5,8,15H2. The first-order chi connectivity index (χ1) is 9.44. The molecule has 0 spiro atoms. The molecule has 2 aromatic rings. The van der Waals surface area contributed by atoms with Gasteiger partial charge in [0.1, 0.15) is 5.82 Å². The Morgan fingerprint density at radius 1 is 1.35 bits per heavy atom. The van der Waals surface area contributed by atoms with E-state index in [1.54, 1.807) is 10.7 Å². The van der Waals surface area contributed by atoms with Crippen molar-refractivity contribution in [2.24, 2.45) is 0 Å². The maximum absolute atomic E-state index is 11.6. The lowest BCUT2D eigenvalue weighted by Gasteiger charge is -2.10. The Kier molecular flexibility index (Phi) is 3.49. The van der Waals surface area contributed by atoms with Gasteiger partial charge in [0.2, 0.25) is 0 Å². The monoisotopic (exact) mass is 403 g/mol. The maximum Gasteiger partial charge on any atom is 0.152 e. The zero-order valence-electron chi connectivity index (χ0n) is 10.7. The van der Waals surface area contributed by atoms with Crippen molar-refractivity contribution in [3.8, 4) is 11.3 Å². The first-order valence-corrected chi connectivity index (χ1v) is 9.16. The quantitative estimate of drug-likeness (QED) is 0.780. The van der Waals surface area contributed by atoms with Gasteiger partial charge in [0.15, 0.2) is 9.84 Å². The van der Waals surface area contributed by atoms with Crippen molar-refractivity contribution in [1.29, 1.82) is 0 Å². The van der Waals surface area contributed by atoms with Crippen LogP contribution in [0, 0.1) is 3.57 Å². The van der Waals surface area contributed by atoms with E-state index in [9.17, 15) is 8.42 Å². The van der Waals surface area contributed by atoms with Gasteiger partial charge in [-0.2, -0.15) is 5.10 Å². The molecule has 7 heteroatoms. The van der Waals surface area contributed by atoms with E-state index in [4.69, 9.17) is 5.73 Å². The molecule has 1 aromatic heterocycles. The highest BCUT2D eigenvalue weighted by atomic mass is 127. The molecule has 2 N–H and O–H groups in total. The summed E-state index contributed by atoms with van der Waals surface area (Å²) in [6, 6.07) is 9.63. The summed E-state index contributed by atoms with van der Waals surface area (Å²) in [6.07, 6.45) is 0.583. The van der Waals surface area contributed by atoms with Crippen LogP contribution >= 0.6 is 22.6 Å². The van der Waals surface area contributed by atoms with Crippen LogP contribution in [-0.4, -0.2) is 29.7 Å². The third kappa shape index (κ3) is 2.69. The molecule has 5 nitrogen and oxygen atoms in total. The van der Waals surface area contributed by atoms with E-state index in [0.717, 1.165) is 14.8 Å². The van der Waals surface area contributed by atoms with Crippen LogP contribution in [0.1, 0.15) is 12.5 Å². The van der Waals surface area contributed by atoms with Crippen molar-refractivity contribution in [2.75, 3.05) is 17.2 Å². The van der Waals surface area contributed by atoms with Crippen molar-refractivity contribution < 1.29 is 8.42 Å². The molecular weight excluding hydrogens is 389 g/mol. The number of anilines is 1. The van der Waals surface area contributed by atoms with E-state index in [2.05, 4.69) is 27.7 Å². The van der Waals surface area contributed by atoms with E-state index in [0.29, 0.717) is 12.2 Å². The highest BCUT2D eigenvalue weighted by molar-refractivity contribution is 14.1. The smallest absolute Gasteiger partial charge is 0.152 e. The summed E-state index contributed by atoms with van der Waals surface area (Å²) in [6.45, 7) is 0. The number of nitrogens with two attached hydrogens (primary N) is 1. The van der Waals surface area contributed by atoms with Crippen molar-refractivity contribution in [3.63, 3.8) is 0 Å². The lowest BCUT2D eigenvalue weighted by molar-refractivity contribution is 0.508. The first-order valence-electron chi connectivity index (χ1n) is 6.26. The molecule has 1 atom stereocenters. The molecule has 1 saturated heterocycles. The number of rotatable bonds is 2. The van der Waals surface area contributed by atoms with Crippen LogP contribution in [0.4, 0.5) is 5.82 Å². The summed E-state index contributed by atoms with van der Waals surface area (Å²) in [5.74, 6) is 0.862. The van der Waals surface area contributed by atoms with Crippen molar-refractivity contribution in [1.82, 2.24) is 9.78 Å². The minimum absolute atomic E-state index is 0.130. The molecule has 1 aliphatic heterocycles. The molecule has 20 heavy (non-hydrogen) atoms. The zero-order valence-corrected chi connectivity index (χ0v) is 13.6. The Balaban J connectivity index is 1.96. The van der Waals surface area contributed by atoms with E-state index < -0.39 is 9.84 Å². The fourth-order valence-corrected chi connectivity index (χ4v) is 4.69. The van der Waals surface area contributed by atoms with E-state index in [1.807, 2.05) is 24.3 Å². The Bertz CT molecular complexity index is 755. The van der Waals surface area contributed by atoms with Crippen LogP contribution in [0.15, 0.2) is 30.3 Å². The number of halogens is 1. The molecule has 0 radical (unpaired) electrons. The summed E-state index contributed by atoms with van der Waals surface area (Å²) in [4.78, 5) is 0. The van der Waals surface area contributed by atoms with Crippen LogP contribution in [0.2, 0.25) is 0 Å². The van der Waals surface area contributed by atoms with Gasteiger partial charge in [-0.3, -0.25) is 0 Å². The second kappa shape index (κ2) is 5.03. The number of nitrogens with zero attached hydrogens (tertiary/aromatic N) is 2. The van der Waals surface area contributed by atoms with Gasteiger partial charge >= 0.3 is 0 Å². The molecule has 1 unspecified atom stereocenters. The molecule has 2 heterocycles. The molecule has 106 valence electrons. The predicted octanol–water partition coefficient (Wildman–Crippen LogP) is 2.10. The Labute approximate surface area is 131 Å². The van der Waals surface area contributed by atoms with Crippen molar-refractivity contribution in [2.45, 2.75) is 12.5 Å². The van der Waals surface area contributed by atoms with Gasteiger partial charge in [-0.15, -0.1) is 0 Å². The van der Waals surface area contributed by atoms with Crippen LogP contribution in [0.25, 0.3) is 11.3 Å².